The van der Waals surface area contributed by atoms with E-state index in [0.29, 0.717) is 30.8 Å². The molecule has 0 unspecified atom stereocenters. The van der Waals surface area contributed by atoms with Gasteiger partial charge in [0.2, 0.25) is 17.7 Å². The van der Waals surface area contributed by atoms with Crippen molar-refractivity contribution in [2.45, 2.75) is 19.8 Å². The first-order chi connectivity index (χ1) is 10.5. The van der Waals surface area contributed by atoms with Crippen LogP contribution < -0.4 is 16.0 Å². The third-order valence-electron chi connectivity index (χ3n) is 3.47. The number of anilines is 2. The monoisotopic (exact) mass is 301 g/mol. The smallest absolute Gasteiger partial charge is 0.240 e. The van der Waals surface area contributed by atoms with E-state index in [4.69, 9.17) is 0 Å². The first kappa shape index (κ1) is 15.8. The molecule has 0 aliphatic heterocycles. The first-order valence-electron chi connectivity index (χ1n) is 7.06. The molecule has 0 heterocycles. The van der Waals surface area contributed by atoms with Crippen LogP contribution >= 0.6 is 0 Å². The molecular formula is C16H19N3O3. The predicted molar refractivity (Wildman–Crippen MR) is 84.2 cm³/mol. The van der Waals surface area contributed by atoms with E-state index in [1.54, 1.807) is 30.3 Å². The molecule has 0 bridgehead atoms. The van der Waals surface area contributed by atoms with Crippen molar-refractivity contribution in [2.24, 2.45) is 5.41 Å². The van der Waals surface area contributed by atoms with Gasteiger partial charge in [0.25, 0.3) is 0 Å². The molecule has 2 rings (SSSR count). The number of amides is 3. The first-order valence-corrected chi connectivity index (χ1v) is 7.06. The highest BCUT2D eigenvalue weighted by Gasteiger charge is 2.56. The van der Waals surface area contributed by atoms with Crippen LogP contribution in [0.5, 0.6) is 0 Å². The van der Waals surface area contributed by atoms with Crippen molar-refractivity contribution in [3.05, 3.63) is 36.9 Å². The van der Waals surface area contributed by atoms with Gasteiger partial charge in [0.15, 0.2) is 0 Å². The molecule has 1 aliphatic carbocycles. The van der Waals surface area contributed by atoms with Crippen LogP contribution in [0.2, 0.25) is 0 Å². The Hall–Kier alpha value is -2.63. The summed E-state index contributed by atoms with van der Waals surface area (Å²) in [5.74, 6) is -0.789. The van der Waals surface area contributed by atoms with Crippen LogP contribution in [0.4, 0.5) is 11.4 Å². The number of carbonyl (C=O) groups excluding carboxylic acids is 3. The highest BCUT2D eigenvalue weighted by molar-refractivity contribution is 6.13. The Balaban J connectivity index is 2.04. The largest absolute Gasteiger partial charge is 0.352 e. The summed E-state index contributed by atoms with van der Waals surface area (Å²) in [5.41, 5.74) is 0.151. The lowest BCUT2D eigenvalue weighted by Crippen LogP contribution is -2.40. The van der Waals surface area contributed by atoms with Gasteiger partial charge in [-0.05, 0) is 31.0 Å². The molecule has 1 saturated carbocycles. The molecule has 1 aliphatic rings. The second kappa shape index (κ2) is 6.43. The van der Waals surface area contributed by atoms with Crippen LogP contribution in [0.15, 0.2) is 36.9 Å². The molecule has 1 aromatic rings. The normalized spacial score (nSPS) is 14.6. The van der Waals surface area contributed by atoms with Gasteiger partial charge in [0.05, 0.1) is 0 Å². The lowest BCUT2D eigenvalue weighted by atomic mass is 10.0. The average Bonchev–Trinajstić information content (AvgIpc) is 3.26. The molecule has 22 heavy (non-hydrogen) atoms. The number of hydrogen-bond acceptors (Lipinski definition) is 3. The highest BCUT2D eigenvalue weighted by Crippen LogP contribution is 2.46. The molecule has 0 saturated heterocycles. The van der Waals surface area contributed by atoms with Gasteiger partial charge in [0, 0.05) is 24.8 Å². The van der Waals surface area contributed by atoms with Gasteiger partial charge in [-0.25, -0.2) is 0 Å². The van der Waals surface area contributed by atoms with Crippen LogP contribution in [-0.4, -0.2) is 24.3 Å². The zero-order chi connectivity index (χ0) is 16.2. The molecular weight excluding hydrogens is 282 g/mol. The van der Waals surface area contributed by atoms with E-state index in [1.807, 2.05) is 0 Å². The molecule has 0 spiro atoms. The quantitative estimate of drug-likeness (QED) is 0.551. The molecule has 0 radical (unpaired) electrons. The highest BCUT2D eigenvalue weighted by atomic mass is 16.2. The summed E-state index contributed by atoms with van der Waals surface area (Å²) in [6.07, 6.45) is 2.64. The standard InChI is InChI=1S/C16H19N3O3/c1-3-9-17-14(21)16(7-8-16)15(22)19-13-6-4-5-12(10-13)18-11(2)20/h3-6,10H,1,7-9H2,2H3,(H,17,21)(H,18,20)(H,19,22). The van der Waals surface area contributed by atoms with Crippen molar-refractivity contribution < 1.29 is 14.4 Å². The van der Waals surface area contributed by atoms with Crippen molar-refractivity contribution in [3.8, 4) is 0 Å². The van der Waals surface area contributed by atoms with Gasteiger partial charge >= 0.3 is 0 Å². The van der Waals surface area contributed by atoms with Gasteiger partial charge in [-0.1, -0.05) is 12.1 Å². The Bertz CT molecular complexity index is 621. The van der Waals surface area contributed by atoms with Crippen molar-refractivity contribution in [1.82, 2.24) is 5.32 Å². The molecule has 1 fully saturated rings. The maximum Gasteiger partial charge on any atom is 0.240 e. The zero-order valence-electron chi connectivity index (χ0n) is 12.4. The fraction of sp³-hybridized carbons (Fsp3) is 0.312. The summed E-state index contributed by atoms with van der Waals surface area (Å²) >= 11 is 0. The summed E-state index contributed by atoms with van der Waals surface area (Å²) in [6, 6.07) is 6.80. The summed E-state index contributed by atoms with van der Waals surface area (Å²) in [7, 11) is 0. The fourth-order valence-electron chi connectivity index (χ4n) is 2.15. The van der Waals surface area contributed by atoms with Crippen LogP contribution in [0, 0.1) is 5.41 Å². The third kappa shape index (κ3) is 3.52. The van der Waals surface area contributed by atoms with E-state index in [0.717, 1.165) is 0 Å². The number of nitrogens with one attached hydrogen (secondary N) is 3. The van der Waals surface area contributed by atoms with Gasteiger partial charge in [-0.15, -0.1) is 6.58 Å². The van der Waals surface area contributed by atoms with Gasteiger partial charge in [0.1, 0.15) is 5.41 Å². The van der Waals surface area contributed by atoms with Crippen LogP contribution in [0.25, 0.3) is 0 Å². The van der Waals surface area contributed by atoms with Crippen molar-refractivity contribution in [2.75, 3.05) is 17.2 Å². The molecule has 0 atom stereocenters. The van der Waals surface area contributed by atoms with Gasteiger partial charge in [-0.2, -0.15) is 0 Å². The summed E-state index contributed by atoms with van der Waals surface area (Å²) in [5, 5.41) is 8.05. The second-order valence-electron chi connectivity index (χ2n) is 5.30. The Kier molecular flexibility index (Phi) is 4.60. The molecule has 6 nitrogen and oxygen atoms in total. The Morgan fingerprint density at radius 3 is 2.36 bits per heavy atom. The summed E-state index contributed by atoms with van der Waals surface area (Å²) < 4.78 is 0. The van der Waals surface area contributed by atoms with Crippen molar-refractivity contribution in [3.63, 3.8) is 0 Å². The Morgan fingerprint density at radius 2 is 1.82 bits per heavy atom. The fourth-order valence-corrected chi connectivity index (χ4v) is 2.15. The Morgan fingerprint density at radius 1 is 1.18 bits per heavy atom. The van der Waals surface area contributed by atoms with E-state index in [-0.39, 0.29) is 17.7 Å². The van der Waals surface area contributed by atoms with Crippen LogP contribution in [0.1, 0.15) is 19.8 Å². The molecule has 1 aromatic carbocycles. The summed E-state index contributed by atoms with van der Waals surface area (Å²) in [4.78, 5) is 35.4. The van der Waals surface area contributed by atoms with E-state index in [1.165, 1.54) is 6.92 Å². The van der Waals surface area contributed by atoms with Crippen molar-refractivity contribution in [1.29, 1.82) is 0 Å². The minimum atomic E-state index is -0.979. The van der Waals surface area contributed by atoms with E-state index >= 15 is 0 Å². The lowest BCUT2D eigenvalue weighted by molar-refractivity contribution is -0.134. The minimum absolute atomic E-state index is 0.189. The number of benzene rings is 1. The molecule has 0 aromatic heterocycles. The van der Waals surface area contributed by atoms with Crippen molar-refractivity contribution >= 4 is 29.1 Å². The number of rotatable bonds is 6. The topological polar surface area (TPSA) is 87.3 Å². The third-order valence-corrected chi connectivity index (χ3v) is 3.47. The number of hydrogen-bond donors (Lipinski definition) is 3. The van der Waals surface area contributed by atoms with E-state index < -0.39 is 5.41 Å². The van der Waals surface area contributed by atoms with E-state index in [2.05, 4.69) is 22.5 Å². The molecule has 6 heteroatoms. The lowest BCUT2D eigenvalue weighted by Gasteiger charge is -2.15. The van der Waals surface area contributed by atoms with Gasteiger partial charge < -0.3 is 16.0 Å². The maximum atomic E-state index is 12.3. The van der Waals surface area contributed by atoms with Crippen LogP contribution in [-0.2, 0) is 14.4 Å². The predicted octanol–water partition coefficient (Wildman–Crippen LogP) is 1.67. The molecule has 3 amide bonds. The van der Waals surface area contributed by atoms with E-state index in [9.17, 15) is 14.4 Å². The van der Waals surface area contributed by atoms with Crippen LogP contribution in [0.3, 0.4) is 0 Å². The summed E-state index contributed by atoms with van der Waals surface area (Å²) in [6.45, 7) is 5.28. The van der Waals surface area contributed by atoms with Gasteiger partial charge in [-0.3, -0.25) is 14.4 Å². The molecule has 3 N–H and O–H groups in total. The zero-order valence-corrected chi connectivity index (χ0v) is 12.4. The minimum Gasteiger partial charge on any atom is -0.352 e. The number of carbonyl (C=O) groups is 3. The average molecular weight is 301 g/mol. The Labute approximate surface area is 129 Å². The maximum absolute atomic E-state index is 12.3. The second-order valence-corrected chi connectivity index (χ2v) is 5.30. The molecule has 116 valence electrons. The SMILES string of the molecule is C=CCNC(=O)C1(C(=O)Nc2cccc(NC(C)=O)c2)CC1.